The molecule has 0 saturated heterocycles. The average molecular weight is 348 g/mol. The van der Waals surface area contributed by atoms with Crippen LogP contribution in [0.4, 0.5) is 10.2 Å². The van der Waals surface area contributed by atoms with Crippen molar-refractivity contribution in [2.24, 2.45) is 7.05 Å². The smallest absolute Gasteiger partial charge is 0.260 e. The molecule has 1 amide bonds. The number of hydrogen-bond donors (Lipinski definition) is 1. The van der Waals surface area contributed by atoms with E-state index in [2.05, 4.69) is 15.5 Å². The third-order valence-electron chi connectivity index (χ3n) is 3.49. The largest absolute Gasteiger partial charge is 0.305 e. The monoisotopic (exact) mass is 347 g/mol. The van der Waals surface area contributed by atoms with Crippen LogP contribution in [-0.2, 0) is 13.6 Å². The molecular weight excluding hydrogens is 333 g/mol. The number of aryl methyl sites for hydroxylation is 2. The predicted molar refractivity (Wildman–Crippen MR) is 88.6 cm³/mol. The van der Waals surface area contributed by atoms with Gasteiger partial charge in [-0.15, -0.1) is 0 Å². The van der Waals surface area contributed by atoms with E-state index in [1.807, 2.05) is 0 Å². The van der Waals surface area contributed by atoms with Gasteiger partial charge in [0.15, 0.2) is 5.82 Å². The molecule has 8 heteroatoms. The number of nitrogens with one attached hydrogen (secondary N) is 1. The van der Waals surface area contributed by atoms with E-state index in [4.69, 9.17) is 11.6 Å². The third kappa shape index (κ3) is 3.46. The summed E-state index contributed by atoms with van der Waals surface area (Å²) in [4.78, 5) is 12.2. The summed E-state index contributed by atoms with van der Waals surface area (Å²) in [6, 6.07) is 5.89. The summed E-state index contributed by atoms with van der Waals surface area (Å²) in [5.74, 6) is -0.240. The maximum Gasteiger partial charge on any atom is 0.260 e. The molecule has 0 spiro atoms. The zero-order valence-electron chi connectivity index (χ0n) is 13.1. The lowest BCUT2D eigenvalue weighted by molar-refractivity contribution is 0.102. The lowest BCUT2D eigenvalue weighted by Gasteiger charge is -2.05. The SMILES string of the molecule is Cc1nn(C)cc1C(=O)Nc1ccn(Cc2ccc(F)cc2Cl)n1. The van der Waals surface area contributed by atoms with Crippen LogP contribution in [0.5, 0.6) is 0 Å². The number of rotatable bonds is 4. The number of amides is 1. The van der Waals surface area contributed by atoms with Gasteiger partial charge in [-0.2, -0.15) is 10.2 Å². The first-order valence-electron chi connectivity index (χ1n) is 7.21. The molecular formula is C16H15ClFN5O. The Morgan fingerprint density at radius 3 is 2.79 bits per heavy atom. The molecule has 0 bridgehead atoms. The van der Waals surface area contributed by atoms with Gasteiger partial charge in [0.05, 0.1) is 17.8 Å². The second-order valence-corrected chi connectivity index (χ2v) is 5.80. The first-order chi connectivity index (χ1) is 11.4. The molecule has 0 aliphatic heterocycles. The molecule has 2 aromatic heterocycles. The molecule has 6 nitrogen and oxygen atoms in total. The van der Waals surface area contributed by atoms with Crippen LogP contribution in [0.3, 0.4) is 0 Å². The summed E-state index contributed by atoms with van der Waals surface area (Å²) >= 11 is 6.01. The Balaban J connectivity index is 1.71. The fourth-order valence-electron chi connectivity index (χ4n) is 2.35. The van der Waals surface area contributed by atoms with Crippen molar-refractivity contribution in [2.45, 2.75) is 13.5 Å². The lowest BCUT2D eigenvalue weighted by atomic mass is 10.2. The van der Waals surface area contributed by atoms with Gasteiger partial charge in [0.25, 0.3) is 5.91 Å². The molecule has 1 N–H and O–H groups in total. The van der Waals surface area contributed by atoms with Crippen molar-refractivity contribution in [1.29, 1.82) is 0 Å². The van der Waals surface area contributed by atoms with Crippen LogP contribution >= 0.6 is 11.6 Å². The molecule has 3 aromatic rings. The van der Waals surface area contributed by atoms with Crippen molar-refractivity contribution in [1.82, 2.24) is 19.6 Å². The topological polar surface area (TPSA) is 64.7 Å². The van der Waals surface area contributed by atoms with Gasteiger partial charge >= 0.3 is 0 Å². The number of carbonyl (C=O) groups excluding carboxylic acids is 1. The van der Waals surface area contributed by atoms with E-state index in [1.165, 1.54) is 12.1 Å². The van der Waals surface area contributed by atoms with Gasteiger partial charge in [0, 0.05) is 30.5 Å². The van der Waals surface area contributed by atoms with Crippen LogP contribution in [0.2, 0.25) is 5.02 Å². The fourth-order valence-corrected chi connectivity index (χ4v) is 2.57. The first kappa shape index (κ1) is 16.2. The van der Waals surface area contributed by atoms with Gasteiger partial charge in [0.1, 0.15) is 5.82 Å². The van der Waals surface area contributed by atoms with Crippen molar-refractivity contribution >= 4 is 23.3 Å². The minimum Gasteiger partial charge on any atom is -0.305 e. The molecule has 0 aliphatic carbocycles. The summed E-state index contributed by atoms with van der Waals surface area (Å²) in [7, 11) is 1.75. The van der Waals surface area contributed by atoms with E-state index in [0.717, 1.165) is 5.56 Å². The fraction of sp³-hybridized carbons (Fsp3) is 0.188. The number of carbonyl (C=O) groups is 1. The highest BCUT2D eigenvalue weighted by Gasteiger charge is 2.14. The quantitative estimate of drug-likeness (QED) is 0.789. The molecule has 0 unspecified atom stereocenters. The second kappa shape index (κ2) is 6.45. The Bertz CT molecular complexity index is 902. The molecule has 24 heavy (non-hydrogen) atoms. The highest BCUT2D eigenvalue weighted by molar-refractivity contribution is 6.31. The van der Waals surface area contributed by atoms with E-state index >= 15 is 0 Å². The Morgan fingerprint density at radius 2 is 2.12 bits per heavy atom. The highest BCUT2D eigenvalue weighted by atomic mass is 35.5. The summed E-state index contributed by atoms with van der Waals surface area (Å²) in [6.45, 7) is 2.14. The number of aromatic nitrogens is 4. The summed E-state index contributed by atoms with van der Waals surface area (Å²) in [5.41, 5.74) is 1.88. The predicted octanol–water partition coefficient (Wildman–Crippen LogP) is 3.02. The normalized spacial score (nSPS) is 10.8. The third-order valence-corrected chi connectivity index (χ3v) is 3.84. The molecule has 0 fully saturated rings. The summed E-state index contributed by atoms with van der Waals surface area (Å²) in [5, 5.41) is 11.5. The van der Waals surface area contributed by atoms with Crippen LogP contribution in [0.1, 0.15) is 21.6 Å². The number of benzene rings is 1. The maximum atomic E-state index is 13.1. The van der Waals surface area contributed by atoms with E-state index in [9.17, 15) is 9.18 Å². The molecule has 0 aliphatic rings. The standard InChI is InChI=1S/C16H15ClFN5O/c1-10-13(9-22(2)20-10)16(24)19-15-5-6-23(21-15)8-11-3-4-12(18)7-14(11)17/h3-7,9H,8H2,1-2H3,(H,19,21,24). The molecule has 3 rings (SSSR count). The zero-order valence-corrected chi connectivity index (χ0v) is 13.9. The summed E-state index contributed by atoms with van der Waals surface area (Å²) < 4.78 is 16.3. The average Bonchev–Trinajstić information content (AvgIpc) is 3.08. The van der Waals surface area contributed by atoms with Crippen LogP contribution in [0, 0.1) is 12.7 Å². The van der Waals surface area contributed by atoms with Gasteiger partial charge in [-0.25, -0.2) is 4.39 Å². The number of hydrogen-bond acceptors (Lipinski definition) is 3. The second-order valence-electron chi connectivity index (χ2n) is 5.39. The number of anilines is 1. The van der Waals surface area contributed by atoms with Crippen molar-refractivity contribution in [3.8, 4) is 0 Å². The van der Waals surface area contributed by atoms with Crippen LogP contribution in [-0.4, -0.2) is 25.5 Å². The lowest BCUT2D eigenvalue weighted by Crippen LogP contribution is -2.13. The van der Waals surface area contributed by atoms with E-state index in [1.54, 1.807) is 47.9 Å². The van der Waals surface area contributed by atoms with E-state index in [-0.39, 0.29) is 11.7 Å². The van der Waals surface area contributed by atoms with Crippen LogP contribution < -0.4 is 5.32 Å². The number of halogens is 2. The van der Waals surface area contributed by atoms with Gasteiger partial charge in [0.2, 0.25) is 0 Å². The zero-order chi connectivity index (χ0) is 17.3. The van der Waals surface area contributed by atoms with Gasteiger partial charge in [-0.05, 0) is 24.6 Å². The van der Waals surface area contributed by atoms with Crippen molar-refractivity contribution in [3.05, 3.63) is 64.3 Å². The van der Waals surface area contributed by atoms with E-state index < -0.39 is 0 Å². The maximum absolute atomic E-state index is 13.1. The Labute approximate surface area is 142 Å². The first-order valence-corrected chi connectivity index (χ1v) is 7.59. The minimum absolute atomic E-state index is 0.273. The Kier molecular flexibility index (Phi) is 4.35. The van der Waals surface area contributed by atoms with Crippen LogP contribution in [0.15, 0.2) is 36.7 Å². The van der Waals surface area contributed by atoms with Crippen molar-refractivity contribution in [2.75, 3.05) is 5.32 Å². The van der Waals surface area contributed by atoms with Gasteiger partial charge in [-0.1, -0.05) is 17.7 Å². The van der Waals surface area contributed by atoms with Gasteiger partial charge in [-0.3, -0.25) is 14.2 Å². The van der Waals surface area contributed by atoms with Gasteiger partial charge < -0.3 is 5.32 Å². The Hall–Kier alpha value is -2.67. The molecule has 124 valence electrons. The molecule has 2 heterocycles. The van der Waals surface area contributed by atoms with Crippen molar-refractivity contribution in [3.63, 3.8) is 0 Å². The van der Waals surface area contributed by atoms with E-state index in [0.29, 0.717) is 28.6 Å². The highest BCUT2D eigenvalue weighted by Crippen LogP contribution is 2.18. The molecule has 0 atom stereocenters. The van der Waals surface area contributed by atoms with Crippen molar-refractivity contribution < 1.29 is 9.18 Å². The molecule has 1 aromatic carbocycles. The Morgan fingerprint density at radius 1 is 1.33 bits per heavy atom. The summed E-state index contributed by atoms with van der Waals surface area (Å²) in [6.07, 6.45) is 3.37. The molecule has 0 radical (unpaired) electrons. The number of nitrogens with zero attached hydrogens (tertiary/aromatic N) is 4. The minimum atomic E-state index is -0.385. The molecule has 0 saturated carbocycles. The van der Waals surface area contributed by atoms with Crippen LogP contribution in [0.25, 0.3) is 0 Å².